The maximum absolute atomic E-state index is 12.4. The first-order valence-corrected chi connectivity index (χ1v) is 7.21. The zero-order valence-corrected chi connectivity index (χ0v) is 12.7. The molecule has 0 heterocycles. The van der Waals surface area contributed by atoms with E-state index in [1.807, 2.05) is 0 Å². The van der Waals surface area contributed by atoms with Crippen LogP contribution in [0.15, 0.2) is 18.2 Å². The van der Waals surface area contributed by atoms with Crippen LogP contribution in [0.5, 0.6) is 0 Å². The molecule has 2 N–H and O–H groups in total. The maximum atomic E-state index is 12.4. The minimum Gasteiger partial charge on any atom is -0.450 e. The molecule has 0 aromatic heterocycles. The molecule has 1 aliphatic rings. The van der Waals surface area contributed by atoms with Gasteiger partial charge in [0, 0.05) is 11.3 Å². The molecule has 6 nitrogen and oxygen atoms in total. The highest BCUT2D eigenvalue weighted by Crippen LogP contribution is 2.29. The summed E-state index contributed by atoms with van der Waals surface area (Å²) in [4.78, 5) is 34.9. The van der Waals surface area contributed by atoms with Gasteiger partial charge in [0.1, 0.15) is 0 Å². The fourth-order valence-electron chi connectivity index (χ4n) is 2.46. The third-order valence-electron chi connectivity index (χ3n) is 3.51. The lowest BCUT2D eigenvalue weighted by Gasteiger charge is -2.25. The lowest BCUT2D eigenvalue weighted by molar-refractivity contribution is -0.167. The molecule has 1 aromatic rings. The fraction of sp³-hybridized carbons (Fsp3) is 0.400. The van der Waals surface area contributed by atoms with Crippen LogP contribution in [0.1, 0.15) is 29.3 Å². The summed E-state index contributed by atoms with van der Waals surface area (Å²) in [5, 5.41) is 4.20. The van der Waals surface area contributed by atoms with Gasteiger partial charge in [0.05, 0.1) is 12.6 Å². The van der Waals surface area contributed by atoms with Crippen LogP contribution in [0.25, 0.3) is 0 Å². The van der Waals surface area contributed by atoms with Gasteiger partial charge in [-0.3, -0.25) is 9.59 Å². The smallest absolute Gasteiger partial charge is 0.450 e. The molecule has 1 atom stereocenters. The van der Waals surface area contributed by atoms with E-state index in [1.165, 1.54) is 18.2 Å². The summed E-state index contributed by atoms with van der Waals surface area (Å²) in [5.74, 6) is -2.54. The van der Waals surface area contributed by atoms with Crippen molar-refractivity contribution in [3.63, 3.8) is 0 Å². The van der Waals surface area contributed by atoms with Gasteiger partial charge in [0.2, 0.25) is 0 Å². The van der Waals surface area contributed by atoms with Crippen LogP contribution in [-0.4, -0.2) is 36.6 Å². The number of hydrogen-bond donors (Lipinski definition) is 2. The third-order valence-corrected chi connectivity index (χ3v) is 3.51. The molecule has 1 aliphatic carbocycles. The van der Waals surface area contributed by atoms with Crippen molar-refractivity contribution in [2.45, 2.75) is 32.0 Å². The Labute approximate surface area is 135 Å². The number of nitrogens with one attached hydrogen (secondary N) is 2. The first kappa shape index (κ1) is 17.8. The van der Waals surface area contributed by atoms with Crippen LogP contribution < -0.4 is 10.6 Å². The van der Waals surface area contributed by atoms with E-state index in [4.69, 9.17) is 4.74 Å². The minimum absolute atomic E-state index is 0.0576. The van der Waals surface area contributed by atoms with Crippen molar-refractivity contribution in [3.8, 4) is 0 Å². The Morgan fingerprint density at radius 3 is 2.67 bits per heavy atom. The second-order valence-electron chi connectivity index (χ2n) is 5.10. The first-order valence-electron chi connectivity index (χ1n) is 7.21. The average Bonchev–Trinajstić information content (AvgIpc) is 2.50. The van der Waals surface area contributed by atoms with Gasteiger partial charge in [0.15, 0.2) is 5.78 Å². The first-order chi connectivity index (χ1) is 11.2. The highest BCUT2D eigenvalue weighted by Gasteiger charge is 2.39. The number of hydrogen-bond acceptors (Lipinski definition) is 4. The molecule has 24 heavy (non-hydrogen) atoms. The summed E-state index contributed by atoms with van der Waals surface area (Å²) in [7, 11) is 0. The summed E-state index contributed by atoms with van der Waals surface area (Å²) in [6, 6.07) is 3.30. The Morgan fingerprint density at radius 2 is 2.04 bits per heavy atom. The van der Waals surface area contributed by atoms with Gasteiger partial charge >= 0.3 is 18.2 Å². The number of anilines is 1. The molecule has 0 fully saturated rings. The molecule has 0 saturated heterocycles. The molecule has 0 aliphatic heterocycles. The van der Waals surface area contributed by atoms with E-state index in [-0.39, 0.29) is 30.7 Å². The van der Waals surface area contributed by atoms with Crippen molar-refractivity contribution in [2.75, 3.05) is 11.9 Å². The molecule has 0 saturated carbocycles. The molecule has 1 aromatic carbocycles. The molecule has 9 heteroatoms. The van der Waals surface area contributed by atoms with Gasteiger partial charge in [-0.25, -0.2) is 4.79 Å². The number of amides is 2. The number of carbonyl (C=O) groups excluding carboxylic acids is 3. The monoisotopic (exact) mass is 344 g/mol. The topological polar surface area (TPSA) is 84.5 Å². The zero-order chi connectivity index (χ0) is 17.9. The van der Waals surface area contributed by atoms with E-state index >= 15 is 0 Å². The second kappa shape index (κ2) is 6.90. The van der Waals surface area contributed by atoms with Gasteiger partial charge in [-0.1, -0.05) is 12.1 Å². The predicted octanol–water partition coefficient (Wildman–Crippen LogP) is 2.43. The summed E-state index contributed by atoms with van der Waals surface area (Å²) < 4.78 is 41.9. The van der Waals surface area contributed by atoms with Crippen molar-refractivity contribution in [3.05, 3.63) is 29.3 Å². The second-order valence-corrected chi connectivity index (χ2v) is 5.10. The van der Waals surface area contributed by atoms with Crippen molar-refractivity contribution >= 4 is 23.5 Å². The molecular formula is C15H15F3N2O4. The van der Waals surface area contributed by atoms with E-state index in [0.717, 1.165) is 0 Å². The summed E-state index contributed by atoms with van der Waals surface area (Å²) in [6.07, 6.45) is -5.33. The highest BCUT2D eigenvalue weighted by atomic mass is 19.4. The molecule has 2 rings (SSSR count). The number of ketones is 1. The lowest BCUT2D eigenvalue weighted by atomic mass is 9.86. The number of Topliss-reactive ketones (excluding diaryl/α,β-unsaturated/α-hetero) is 1. The molecular weight excluding hydrogens is 329 g/mol. The summed E-state index contributed by atoms with van der Waals surface area (Å²) in [6.45, 7) is 1.77. The normalized spacial score (nSPS) is 17.0. The Hall–Kier alpha value is -2.58. The highest BCUT2D eigenvalue weighted by molar-refractivity contribution is 6.06. The molecule has 0 bridgehead atoms. The number of alkyl carbamates (subject to hydrolysis) is 1. The fourth-order valence-corrected chi connectivity index (χ4v) is 2.46. The van der Waals surface area contributed by atoms with Crippen LogP contribution >= 0.6 is 0 Å². The van der Waals surface area contributed by atoms with Gasteiger partial charge in [-0.15, -0.1) is 0 Å². The number of benzene rings is 1. The number of alkyl halides is 3. The number of rotatable bonds is 3. The van der Waals surface area contributed by atoms with Crippen LogP contribution in [0.3, 0.4) is 0 Å². The number of fused-ring (bicyclic) bond motifs is 1. The van der Waals surface area contributed by atoms with Crippen LogP contribution in [0, 0.1) is 0 Å². The van der Waals surface area contributed by atoms with Crippen molar-refractivity contribution < 1.29 is 32.3 Å². The van der Waals surface area contributed by atoms with Crippen LogP contribution in [-0.2, 0) is 16.0 Å². The van der Waals surface area contributed by atoms with Gasteiger partial charge in [-0.05, 0) is 31.4 Å². The number of ether oxygens (including phenoxy) is 1. The average molecular weight is 344 g/mol. The third kappa shape index (κ3) is 3.84. The van der Waals surface area contributed by atoms with Gasteiger partial charge in [-0.2, -0.15) is 13.2 Å². The SMILES string of the molecule is CCOC(=O)N[C@H]1CCc2c(NC(=O)C(F)(F)F)cccc2C1=O. The largest absolute Gasteiger partial charge is 0.471 e. The summed E-state index contributed by atoms with van der Waals surface area (Å²) in [5.41, 5.74) is 0.433. The Bertz CT molecular complexity index is 673. The lowest BCUT2D eigenvalue weighted by Crippen LogP contribution is -2.44. The van der Waals surface area contributed by atoms with E-state index in [9.17, 15) is 27.6 Å². The van der Waals surface area contributed by atoms with E-state index in [1.54, 1.807) is 12.2 Å². The van der Waals surface area contributed by atoms with E-state index in [0.29, 0.717) is 5.56 Å². The minimum atomic E-state index is -5.02. The van der Waals surface area contributed by atoms with Gasteiger partial charge < -0.3 is 15.4 Å². The van der Waals surface area contributed by atoms with E-state index < -0.39 is 30.0 Å². The summed E-state index contributed by atoms with van der Waals surface area (Å²) >= 11 is 0. The van der Waals surface area contributed by atoms with Crippen LogP contribution in [0.2, 0.25) is 0 Å². The van der Waals surface area contributed by atoms with Crippen molar-refractivity contribution in [2.24, 2.45) is 0 Å². The van der Waals surface area contributed by atoms with Crippen LogP contribution in [0.4, 0.5) is 23.7 Å². The molecule has 0 unspecified atom stereocenters. The Kier molecular flexibility index (Phi) is 5.10. The van der Waals surface area contributed by atoms with Crippen molar-refractivity contribution in [1.82, 2.24) is 5.32 Å². The van der Waals surface area contributed by atoms with Gasteiger partial charge in [0.25, 0.3) is 0 Å². The Morgan fingerprint density at radius 1 is 1.33 bits per heavy atom. The number of carbonyl (C=O) groups is 3. The predicted molar refractivity (Wildman–Crippen MR) is 77.7 cm³/mol. The maximum Gasteiger partial charge on any atom is 0.471 e. The standard InChI is InChI=1S/C15H15F3N2O4/c1-2-24-14(23)20-11-7-6-8-9(12(11)21)4-3-5-10(8)19-13(22)15(16,17)18/h3-5,11H,2,6-7H2,1H3,(H,19,22)(H,20,23)/t11-/m0/s1. The number of halogens is 3. The molecule has 0 spiro atoms. The molecule has 2 amide bonds. The van der Waals surface area contributed by atoms with E-state index in [2.05, 4.69) is 5.32 Å². The quantitative estimate of drug-likeness (QED) is 0.882. The zero-order valence-electron chi connectivity index (χ0n) is 12.7. The molecule has 0 radical (unpaired) electrons. The Balaban J connectivity index is 2.21. The van der Waals surface area contributed by atoms with Crippen molar-refractivity contribution in [1.29, 1.82) is 0 Å². The molecule has 130 valence electrons.